The number of rotatable bonds is 2. The molecule has 0 saturated heterocycles. The van der Waals surface area contributed by atoms with Gasteiger partial charge >= 0.3 is 0 Å². The van der Waals surface area contributed by atoms with Crippen molar-refractivity contribution in [2.24, 2.45) is 0 Å². The summed E-state index contributed by atoms with van der Waals surface area (Å²) < 4.78 is 0. The molecule has 1 aliphatic rings. The van der Waals surface area contributed by atoms with Gasteiger partial charge in [-0.1, -0.05) is 26.0 Å². The molecule has 0 bridgehead atoms. The van der Waals surface area contributed by atoms with E-state index in [-0.39, 0.29) is 0 Å². The zero-order valence-corrected chi connectivity index (χ0v) is 9.66. The third-order valence-corrected chi connectivity index (χ3v) is 3.99. The molecule has 0 aromatic heterocycles. The van der Waals surface area contributed by atoms with E-state index in [0.29, 0.717) is 6.04 Å². The lowest BCUT2D eigenvalue weighted by atomic mass is 10.1. The van der Waals surface area contributed by atoms with Gasteiger partial charge in [0.2, 0.25) is 0 Å². The van der Waals surface area contributed by atoms with Gasteiger partial charge in [0.25, 0.3) is 0 Å². The van der Waals surface area contributed by atoms with Gasteiger partial charge in [-0.25, -0.2) is 0 Å². The average molecular weight is 207 g/mol. The largest absolute Gasteiger partial charge is 0.380 e. The fraction of sp³-hybridized carbons (Fsp3) is 0.500. The van der Waals surface area contributed by atoms with Crippen molar-refractivity contribution in [2.45, 2.75) is 37.6 Å². The van der Waals surface area contributed by atoms with Crippen LogP contribution in [0.4, 0.5) is 5.69 Å². The minimum atomic E-state index is 0.653. The Labute approximate surface area is 90.3 Å². The number of anilines is 1. The first-order valence-electron chi connectivity index (χ1n) is 5.36. The lowest BCUT2D eigenvalue weighted by molar-refractivity contribution is 0.761. The molecule has 1 heterocycles. The summed E-state index contributed by atoms with van der Waals surface area (Å²) in [6.07, 6.45) is 2.33. The first-order valence-corrected chi connectivity index (χ1v) is 6.35. The molecule has 0 radical (unpaired) electrons. The number of hydrogen-bond donors (Lipinski definition) is 1. The Morgan fingerprint density at radius 1 is 1.43 bits per heavy atom. The zero-order valence-electron chi connectivity index (χ0n) is 8.84. The standard InChI is InChI=1S/C12H17NS/c1-3-9-6-5-7-11-12(9)13-10(4-2)8-14-11/h5-7,10,13H,3-4,8H2,1-2H3. The molecule has 0 spiro atoms. The Morgan fingerprint density at radius 2 is 2.29 bits per heavy atom. The number of benzene rings is 1. The monoisotopic (exact) mass is 207 g/mol. The first kappa shape index (κ1) is 9.91. The van der Waals surface area contributed by atoms with Crippen molar-refractivity contribution >= 4 is 17.4 Å². The van der Waals surface area contributed by atoms with Gasteiger partial charge in [0.05, 0.1) is 5.69 Å². The van der Waals surface area contributed by atoms with Gasteiger partial charge in [-0.15, -0.1) is 11.8 Å². The fourth-order valence-corrected chi connectivity index (χ4v) is 3.02. The molecule has 76 valence electrons. The molecule has 0 amide bonds. The summed E-state index contributed by atoms with van der Waals surface area (Å²) in [4.78, 5) is 1.43. The van der Waals surface area contributed by atoms with Crippen molar-refractivity contribution in [1.82, 2.24) is 0 Å². The van der Waals surface area contributed by atoms with Crippen LogP contribution in [0.1, 0.15) is 25.8 Å². The van der Waals surface area contributed by atoms with Crippen LogP contribution in [0.5, 0.6) is 0 Å². The maximum atomic E-state index is 3.65. The molecule has 2 heteroatoms. The molecule has 1 nitrogen and oxygen atoms in total. The predicted octanol–water partition coefficient (Wildman–Crippen LogP) is 3.55. The van der Waals surface area contributed by atoms with E-state index >= 15 is 0 Å². The molecule has 1 atom stereocenters. The van der Waals surface area contributed by atoms with Crippen LogP contribution in [-0.4, -0.2) is 11.8 Å². The second-order valence-electron chi connectivity index (χ2n) is 3.70. The maximum Gasteiger partial charge on any atom is 0.0513 e. The van der Waals surface area contributed by atoms with Crippen LogP contribution in [0.15, 0.2) is 23.1 Å². The van der Waals surface area contributed by atoms with Crippen LogP contribution in [0.3, 0.4) is 0 Å². The molecule has 0 fully saturated rings. The minimum absolute atomic E-state index is 0.653. The third-order valence-electron chi connectivity index (χ3n) is 2.77. The molecule has 0 aliphatic carbocycles. The highest BCUT2D eigenvalue weighted by molar-refractivity contribution is 7.99. The predicted molar refractivity (Wildman–Crippen MR) is 64.2 cm³/mol. The summed E-state index contributed by atoms with van der Waals surface area (Å²) in [5, 5.41) is 3.65. The van der Waals surface area contributed by atoms with E-state index in [1.54, 1.807) is 0 Å². The van der Waals surface area contributed by atoms with Crippen molar-refractivity contribution in [1.29, 1.82) is 0 Å². The number of aryl methyl sites for hydroxylation is 1. The van der Waals surface area contributed by atoms with Gasteiger partial charge < -0.3 is 5.32 Å². The van der Waals surface area contributed by atoms with Crippen molar-refractivity contribution in [2.75, 3.05) is 11.1 Å². The number of para-hydroxylation sites is 1. The van der Waals surface area contributed by atoms with Crippen molar-refractivity contribution < 1.29 is 0 Å². The lowest BCUT2D eigenvalue weighted by Crippen LogP contribution is -2.25. The Bertz CT molecular complexity index is 308. The van der Waals surface area contributed by atoms with Gasteiger partial charge in [0.1, 0.15) is 0 Å². The SMILES string of the molecule is CCc1cccc2c1NC(CC)CS2. The van der Waals surface area contributed by atoms with Crippen LogP contribution in [0, 0.1) is 0 Å². The summed E-state index contributed by atoms with van der Waals surface area (Å²) in [5.74, 6) is 1.21. The van der Waals surface area contributed by atoms with Crippen molar-refractivity contribution in [3.8, 4) is 0 Å². The normalized spacial score (nSPS) is 20.0. The second kappa shape index (κ2) is 4.26. The Balaban J connectivity index is 2.33. The van der Waals surface area contributed by atoms with E-state index < -0.39 is 0 Å². The van der Waals surface area contributed by atoms with Gasteiger partial charge in [-0.3, -0.25) is 0 Å². The average Bonchev–Trinajstić information content (AvgIpc) is 2.27. The zero-order chi connectivity index (χ0) is 9.97. The molecule has 1 aromatic rings. The number of hydrogen-bond acceptors (Lipinski definition) is 2. The molecule has 0 saturated carbocycles. The number of fused-ring (bicyclic) bond motifs is 1. The number of nitrogens with one attached hydrogen (secondary N) is 1. The summed E-state index contributed by atoms with van der Waals surface area (Å²) >= 11 is 1.99. The summed E-state index contributed by atoms with van der Waals surface area (Å²) in [6, 6.07) is 7.27. The van der Waals surface area contributed by atoms with Crippen molar-refractivity contribution in [3.05, 3.63) is 23.8 Å². The van der Waals surface area contributed by atoms with Crippen LogP contribution in [0.25, 0.3) is 0 Å². The quantitative estimate of drug-likeness (QED) is 0.796. The minimum Gasteiger partial charge on any atom is -0.380 e. The number of thioether (sulfide) groups is 1. The summed E-state index contributed by atoms with van der Waals surface area (Å²) in [7, 11) is 0. The molecular formula is C12H17NS. The topological polar surface area (TPSA) is 12.0 Å². The highest BCUT2D eigenvalue weighted by Crippen LogP contribution is 2.36. The van der Waals surface area contributed by atoms with E-state index in [2.05, 4.69) is 37.4 Å². The Morgan fingerprint density at radius 3 is 3.00 bits per heavy atom. The van der Waals surface area contributed by atoms with E-state index in [1.807, 2.05) is 11.8 Å². The van der Waals surface area contributed by atoms with Gasteiger partial charge in [0.15, 0.2) is 0 Å². The van der Waals surface area contributed by atoms with E-state index in [1.165, 1.54) is 28.3 Å². The summed E-state index contributed by atoms with van der Waals surface area (Å²) in [5.41, 5.74) is 2.84. The molecule has 14 heavy (non-hydrogen) atoms. The lowest BCUT2D eigenvalue weighted by Gasteiger charge is -2.27. The second-order valence-corrected chi connectivity index (χ2v) is 4.77. The highest BCUT2D eigenvalue weighted by atomic mass is 32.2. The smallest absolute Gasteiger partial charge is 0.0513 e. The van der Waals surface area contributed by atoms with Crippen LogP contribution < -0.4 is 5.32 Å². The Hall–Kier alpha value is -0.630. The molecule has 2 rings (SSSR count). The molecular weight excluding hydrogens is 190 g/mol. The molecule has 1 unspecified atom stereocenters. The fourth-order valence-electron chi connectivity index (χ4n) is 1.81. The van der Waals surface area contributed by atoms with Crippen molar-refractivity contribution in [3.63, 3.8) is 0 Å². The summed E-state index contributed by atoms with van der Waals surface area (Å²) in [6.45, 7) is 4.47. The van der Waals surface area contributed by atoms with Gasteiger partial charge in [-0.2, -0.15) is 0 Å². The van der Waals surface area contributed by atoms with Gasteiger partial charge in [-0.05, 0) is 24.5 Å². The Kier molecular flexibility index (Phi) is 3.02. The van der Waals surface area contributed by atoms with Crippen LogP contribution >= 0.6 is 11.8 Å². The van der Waals surface area contributed by atoms with Crippen LogP contribution in [-0.2, 0) is 6.42 Å². The van der Waals surface area contributed by atoms with E-state index in [0.717, 1.165) is 6.42 Å². The van der Waals surface area contributed by atoms with E-state index in [4.69, 9.17) is 0 Å². The molecule has 1 aromatic carbocycles. The first-order chi connectivity index (χ1) is 6.85. The molecule has 1 N–H and O–H groups in total. The third kappa shape index (κ3) is 1.76. The van der Waals surface area contributed by atoms with E-state index in [9.17, 15) is 0 Å². The maximum absolute atomic E-state index is 3.65. The van der Waals surface area contributed by atoms with Crippen LogP contribution in [0.2, 0.25) is 0 Å². The van der Waals surface area contributed by atoms with Gasteiger partial charge in [0, 0.05) is 16.7 Å². The molecule has 1 aliphatic heterocycles. The highest BCUT2D eigenvalue weighted by Gasteiger charge is 2.18.